The van der Waals surface area contributed by atoms with Crippen LogP contribution >= 0.6 is 0 Å². The Morgan fingerprint density at radius 2 is 2.14 bits per heavy atom. The van der Waals surface area contributed by atoms with Gasteiger partial charge in [0.15, 0.2) is 0 Å². The molecule has 0 amide bonds. The Bertz CT molecular complexity index is 112. The Kier molecular flexibility index (Phi) is 2.23. The fraction of sp³-hybridized carbons (Fsp3) is 0. The maximum Gasteiger partial charge on any atom is 0.311 e. The van der Waals surface area contributed by atoms with Crippen molar-refractivity contribution >= 4 is 5.96 Å². The van der Waals surface area contributed by atoms with Crippen molar-refractivity contribution in [3.63, 3.8) is 0 Å². The molecule has 0 heterocycles. The van der Waals surface area contributed by atoms with Crippen LogP contribution in [0.2, 0.25) is 0 Å². The molecule has 0 aromatic heterocycles. The van der Waals surface area contributed by atoms with Gasteiger partial charge in [-0.3, -0.25) is 0 Å². The minimum atomic E-state index is -0.238. The molecule has 4 N–H and O–H groups in total. The molecule has 0 spiro atoms. The first-order valence-corrected chi connectivity index (χ1v) is 1.40. The van der Waals surface area contributed by atoms with Crippen molar-refractivity contribution in [2.45, 2.75) is 0 Å². The van der Waals surface area contributed by atoms with Gasteiger partial charge in [-0.05, 0) is 0 Å². The van der Waals surface area contributed by atoms with Gasteiger partial charge in [0, 0.05) is 10.3 Å². The van der Waals surface area contributed by atoms with Crippen LogP contribution in [0, 0.1) is 0 Å². The zero-order chi connectivity index (χ0) is 5.70. The Morgan fingerprint density at radius 3 is 2.29 bits per heavy atom. The third-order valence-electron chi connectivity index (χ3n) is 0.200. The molecule has 6 nitrogen and oxygen atoms in total. The highest BCUT2D eigenvalue weighted by Gasteiger charge is 1.75. The summed E-state index contributed by atoms with van der Waals surface area (Å²) >= 11 is 0. The van der Waals surface area contributed by atoms with E-state index in [4.69, 9.17) is 17.0 Å². The zero-order valence-corrected chi connectivity index (χ0v) is 3.44. The average molecular weight is 100 g/mol. The molecule has 0 fully saturated rings. The van der Waals surface area contributed by atoms with Crippen molar-refractivity contribution in [1.82, 2.24) is 0 Å². The van der Waals surface area contributed by atoms with Crippen LogP contribution in [-0.2, 0) is 0 Å². The van der Waals surface area contributed by atoms with Crippen molar-refractivity contribution in [2.75, 3.05) is 0 Å². The molecule has 0 aliphatic heterocycles. The van der Waals surface area contributed by atoms with Crippen LogP contribution in [0.4, 0.5) is 0 Å². The fourth-order valence-electron chi connectivity index (χ4n) is 0.0716. The van der Waals surface area contributed by atoms with E-state index in [1.165, 1.54) is 0 Å². The molecule has 0 aliphatic rings. The van der Waals surface area contributed by atoms with Crippen molar-refractivity contribution in [2.24, 2.45) is 21.8 Å². The van der Waals surface area contributed by atoms with Crippen LogP contribution in [0.3, 0.4) is 0 Å². The normalized spacial score (nSPS) is 6.29. The lowest BCUT2D eigenvalue weighted by atomic mass is 11.1. The quantitative estimate of drug-likeness (QED) is 0.115. The molecule has 0 aromatic carbocycles. The highest BCUT2D eigenvalue weighted by Crippen LogP contribution is 1.65. The molecule has 0 saturated heterocycles. The van der Waals surface area contributed by atoms with E-state index in [-0.39, 0.29) is 5.96 Å². The lowest BCUT2D eigenvalue weighted by Gasteiger charge is -1.70. The van der Waals surface area contributed by atoms with Gasteiger partial charge < -0.3 is 11.5 Å². The number of guanidine groups is 1. The number of hydrogen-bond donors (Lipinski definition) is 2. The third-order valence-corrected chi connectivity index (χ3v) is 0.200. The smallest absolute Gasteiger partial charge is 0.311 e. The van der Waals surface area contributed by atoms with E-state index in [1.807, 2.05) is 0 Å². The molecule has 0 aromatic rings. The molecular weight excluding hydrogens is 96.1 g/mol. The van der Waals surface area contributed by atoms with E-state index < -0.39 is 0 Å². The molecular formula is CH4N6. The molecule has 0 bridgehead atoms. The molecule has 0 unspecified atom stereocenters. The molecule has 0 saturated carbocycles. The zero-order valence-electron chi connectivity index (χ0n) is 3.44. The van der Waals surface area contributed by atoms with Gasteiger partial charge in [-0.15, -0.1) is 5.53 Å². The predicted molar refractivity (Wildman–Crippen MR) is 25.0 cm³/mol. The summed E-state index contributed by atoms with van der Waals surface area (Å²) < 4.78 is 0. The van der Waals surface area contributed by atoms with Crippen LogP contribution in [0.15, 0.2) is 10.3 Å². The van der Waals surface area contributed by atoms with Gasteiger partial charge in [-0.1, -0.05) is 0 Å². The number of nitrogens with zero attached hydrogens (tertiary/aromatic N) is 4. The van der Waals surface area contributed by atoms with Crippen LogP contribution in [0.1, 0.15) is 0 Å². The number of hydrogen-bond acceptors (Lipinski definition) is 1. The molecule has 0 radical (unpaired) electrons. The largest absolute Gasteiger partial charge is 0.348 e. The van der Waals surface area contributed by atoms with E-state index in [0.29, 0.717) is 0 Å². The average Bonchev–Trinajstić information content (AvgIpc) is 1.61. The molecule has 0 aliphatic carbocycles. The van der Waals surface area contributed by atoms with Crippen molar-refractivity contribution in [1.29, 1.82) is 0 Å². The van der Waals surface area contributed by atoms with Gasteiger partial charge in [0.2, 0.25) is 0 Å². The standard InChI is InChI=1S/CH4N6/c2-1(3)5-7-6-4/h(H4,2,3,5). The maximum absolute atomic E-state index is 7.56. The van der Waals surface area contributed by atoms with E-state index in [1.54, 1.807) is 0 Å². The lowest BCUT2D eigenvalue weighted by Crippen LogP contribution is -2.21. The SMILES string of the molecule is [N-]=[N+]=NN=C(N)N. The Hall–Kier alpha value is -1.42. The van der Waals surface area contributed by atoms with Gasteiger partial charge in [0.25, 0.3) is 0 Å². The van der Waals surface area contributed by atoms with Crippen molar-refractivity contribution in [3.8, 4) is 0 Å². The predicted octanol–water partition coefficient (Wildman–Crippen LogP) is -0.515. The fourth-order valence-corrected chi connectivity index (χ4v) is 0.0716. The topological polar surface area (TPSA) is 113 Å². The Labute approximate surface area is 39.4 Å². The van der Waals surface area contributed by atoms with Crippen molar-refractivity contribution in [3.05, 3.63) is 10.4 Å². The monoisotopic (exact) mass is 100 g/mol. The molecule has 0 rings (SSSR count). The number of rotatable bonds is 1. The second kappa shape index (κ2) is 2.80. The minimum absolute atomic E-state index is 0.238. The van der Waals surface area contributed by atoms with Crippen LogP contribution in [-0.4, -0.2) is 5.96 Å². The van der Waals surface area contributed by atoms with Gasteiger partial charge in [-0.25, -0.2) is 0 Å². The maximum atomic E-state index is 7.56. The summed E-state index contributed by atoms with van der Waals surface area (Å²) in [5.74, 6) is -0.238. The molecule has 7 heavy (non-hydrogen) atoms. The van der Waals surface area contributed by atoms with Crippen molar-refractivity contribution < 1.29 is 0 Å². The highest BCUT2D eigenvalue weighted by atomic mass is 15.4. The second-order valence-corrected chi connectivity index (χ2v) is 0.704. The second-order valence-electron chi connectivity index (χ2n) is 0.704. The van der Waals surface area contributed by atoms with Crippen LogP contribution in [0.5, 0.6) is 0 Å². The summed E-state index contributed by atoms with van der Waals surface area (Å²) in [6.07, 6.45) is 0. The first-order chi connectivity index (χ1) is 3.27. The first kappa shape index (κ1) is 5.58. The molecule has 0 atom stereocenters. The molecule has 38 valence electrons. The van der Waals surface area contributed by atoms with Gasteiger partial charge in [-0.2, -0.15) is 4.91 Å². The first-order valence-electron chi connectivity index (χ1n) is 1.40. The Balaban J connectivity index is 3.69. The van der Waals surface area contributed by atoms with Crippen LogP contribution < -0.4 is 11.5 Å². The minimum Gasteiger partial charge on any atom is -0.348 e. The van der Waals surface area contributed by atoms with E-state index in [2.05, 4.69) is 15.2 Å². The number of azide groups is 1. The summed E-state index contributed by atoms with van der Waals surface area (Å²) in [6.45, 7) is 0. The summed E-state index contributed by atoms with van der Waals surface area (Å²) in [5.41, 5.74) is 17.0. The summed E-state index contributed by atoms with van der Waals surface area (Å²) in [6, 6.07) is 0. The van der Waals surface area contributed by atoms with Crippen LogP contribution in [0.25, 0.3) is 10.4 Å². The summed E-state index contributed by atoms with van der Waals surface area (Å²) in [5, 5.41) is 5.61. The van der Waals surface area contributed by atoms with E-state index >= 15 is 0 Å². The van der Waals surface area contributed by atoms with E-state index in [0.717, 1.165) is 0 Å². The highest BCUT2D eigenvalue weighted by molar-refractivity contribution is 5.75. The van der Waals surface area contributed by atoms with Gasteiger partial charge in [0.05, 0.1) is 0 Å². The lowest BCUT2D eigenvalue weighted by molar-refractivity contribution is 1.18. The van der Waals surface area contributed by atoms with Gasteiger partial charge in [0.1, 0.15) is 0 Å². The van der Waals surface area contributed by atoms with Gasteiger partial charge >= 0.3 is 5.96 Å². The molecule has 6 heteroatoms. The number of nitrogens with two attached hydrogens (primary N) is 2. The Morgan fingerprint density at radius 1 is 1.57 bits per heavy atom. The summed E-state index contributed by atoms with van der Waals surface area (Å²) in [7, 11) is 0. The third kappa shape index (κ3) is 4.58. The summed E-state index contributed by atoms with van der Waals surface area (Å²) in [4.78, 5) is 2.25. The van der Waals surface area contributed by atoms with E-state index in [9.17, 15) is 0 Å².